The molecule has 3 rings (SSSR count). The van der Waals surface area contributed by atoms with Crippen LogP contribution in [-0.4, -0.2) is 29.2 Å². The Morgan fingerprint density at radius 3 is 2.67 bits per heavy atom. The molecule has 2 saturated carbocycles. The van der Waals surface area contributed by atoms with E-state index in [9.17, 15) is 9.59 Å². The molecule has 1 saturated heterocycles. The fraction of sp³-hybridized carbons (Fsp3) is 0.867. The summed E-state index contributed by atoms with van der Waals surface area (Å²) in [5, 5.41) is 0. The Labute approximate surface area is 109 Å². The standard InChI is InChI=1S/C15H23NO2/c17-14-6-2-1-4-12(14)13-5-3-9-16(13)15(18)10-11-7-8-11/h11-13H,1-10H2. The normalized spacial score (nSPS) is 32.9. The summed E-state index contributed by atoms with van der Waals surface area (Å²) < 4.78 is 0. The van der Waals surface area contributed by atoms with E-state index in [1.165, 1.54) is 12.8 Å². The van der Waals surface area contributed by atoms with Crippen LogP contribution in [-0.2, 0) is 9.59 Å². The molecule has 1 amide bonds. The number of rotatable bonds is 3. The molecule has 18 heavy (non-hydrogen) atoms. The van der Waals surface area contributed by atoms with Crippen LogP contribution in [0.1, 0.15) is 57.8 Å². The summed E-state index contributed by atoms with van der Waals surface area (Å²) in [6.45, 7) is 0.889. The van der Waals surface area contributed by atoms with Gasteiger partial charge in [-0.05, 0) is 44.4 Å². The molecule has 0 bridgehead atoms. The Morgan fingerprint density at radius 2 is 1.94 bits per heavy atom. The summed E-state index contributed by atoms with van der Waals surface area (Å²) in [5.74, 6) is 1.54. The van der Waals surface area contributed by atoms with Crippen LogP contribution in [0.5, 0.6) is 0 Å². The lowest BCUT2D eigenvalue weighted by atomic mass is 9.81. The van der Waals surface area contributed by atoms with Crippen molar-refractivity contribution in [2.24, 2.45) is 11.8 Å². The van der Waals surface area contributed by atoms with Gasteiger partial charge in [0.15, 0.2) is 0 Å². The first-order chi connectivity index (χ1) is 8.75. The van der Waals surface area contributed by atoms with Gasteiger partial charge in [-0.1, -0.05) is 6.42 Å². The summed E-state index contributed by atoms with van der Waals surface area (Å²) in [6, 6.07) is 0.240. The Kier molecular flexibility index (Phi) is 3.40. The van der Waals surface area contributed by atoms with Gasteiger partial charge in [0.25, 0.3) is 0 Å². The molecule has 3 heteroatoms. The first-order valence-electron chi connectivity index (χ1n) is 7.58. The number of carbonyl (C=O) groups excluding carboxylic acids is 2. The van der Waals surface area contributed by atoms with Crippen molar-refractivity contribution in [2.45, 2.75) is 63.8 Å². The van der Waals surface area contributed by atoms with E-state index in [1.807, 2.05) is 4.90 Å². The Morgan fingerprint density at radius 1 is 1.11 bits per heavy atom. The molecule has 1 aliphatic heterocycles. The number of likely N-dealkylation sites (tertiary alicyclic amines) is 1. The average Bonchev–Trinajstić information content (AvgIpc) is 3.04. The first-order valence-corrected chi connectivity index (χ1v) is 7.58. The summed E-state index contributed by atoms with van der Waals surface area (Å²) >= 11 is 0. The summed E-state index contributed by atoms with van der Waals surface area (Å²) in [5.41, 5.74) is 0. The topological polar surface area (TPSA) is 37.4 Å². The van der Waals surface area contributed by atoms with Gasteiger partial charge < -0.3 is 4.90 Å². The lowest BCUT2D eigenvalue weighted by molar-refractivity contribution is -0.136. The van der Waals surface area contributed by atoms with Gasteiger partial charge in [-0.3, -0.25) is 9.59 Å². The van der Waals surface area contributed by atoms with Gasteiger partial charge in [0.05, 0.1) is 0 Å². The van der Waals surface area contributed by atoms with Gasteiger partial charge in [-0.2, -0.15) is 0 Å². The van der Waals surface area contributed by atoms with Crippen molar-refractivity contribution in [3.05, 3.63) is 0 Å². The van der Waals surface area contributed by atoms with E-state index in [2.05, 4.69) is 0 Å². The zero-order valence-corrected chi connectivity index (χ0v) is 11.1. The number of nitrogens with zero attached hydrogens (tertiary/aromatic N) is 1. The SMILES string of the molecule is O=C1CCCCC1C1CCCN1C(=O)CC1CC1. The Hall–Kier alpha value is -0.860. The van der Waals surface area contributed by atoms with E-state index in [-0.39, 0.29) is 12.0 Å². The fourth-order valence-corrected chi connectivity index (χ4v) is 3.62. The van der Waals surface area contributed by atoms with Crippen LogP contribution < -0.4 is 0 Å². The van der Waals surface area contributed by atoms with Crippen LogP contribution in [0.4, 0.5) is 0 Å². The van der Waals surface area contributed by atoms with Gasteiger partial charge in [0.2, 0.25) is 5.91 Å². The van der Waals surface area contributed by atoms with Crippen LogP contribution in [0.15, 0.2) is 0 Å². The molecule has 2 atom stereocenters. The summed E-state index contributed by atoms with van der Waals surface area (Å²) in [4.78, 5) is 26.4. The van der Waals surface area contributed by atoms with E-state index in [4.69, 9.17) is 0 Å². The molecule has 100 valence electrons. The molecule has 3 aliphatic rings. The molecular weight excluding hydrogens is 226 g/mol. The molecule has 0 aromatic carbocycles. The van der Waals surface area contributed by atoms with Crippen LogP contribution in [0.2, 0.25) is 0 Å². The van der Waals surface area contributed by atoms with Crippen molar-refractivity contribution in [1.29, 1.82) is 0 Å². The minimum absolute atomic E-state index is 0.157. The van der Waals surface area contributed by atoms with Gasteiger partial charge in [0.1, 0.15) is 5.78 Å². The van der Waals surface area contributed by atoms with E-state index >= 15 is 0 Å². The highest BCUT2D eigenvalue weighted by atomic mass is 16.2. The van der Waals surface area contributed by atoms with Crippen molar-refractivity contribution >= 4 is 11.7 Å². The predicted molar refractivity (Wildman–Crippen MR) is 69.0 cm³/mol. The lowest BCUT2D eigenvalue weighted by Gasteiger charge is -2.33. The summed E-state index contributed by atoms with van der Waals surface area (Å²) in [7, 11) is 0. The molecule has 0 aromatic heterocycles. The van der Waals surface area contributed by atoms with E-state index in [1.54, 1.807) is 0 Å². The van der Waals surface area contributed by atoms with E-state index in [0.29, 0.717) is 17.6 Å². The van der Waals surface area contributed by atoms with Crippen LogP contribution in [0.3, 0.4) is 0 Å². The third kappa shape index (κ3) is 2.45. The molecule has 2 unspecified atom stereocenters. The molecule has 3 fully saturated rings. The third-order valence-electron chi connectivity index (χ3n) is 4.85. The fourth-order valence-electron chi connectivity index (χ4n) is 3.62. The number of Topliss-reactive ketones (excluding diaryl/α,β-unsaturated/α-hetero) is 1. The van der Waals surface area contributed by atoms with Crippen molar-refractivity contribution in [3.8, 4) is 0 Å². The van der Waals surface area contributed by atoms with Gasteiger partial charge in [-0.25, -0.2) is 0 Å². The maximum absolute atomic E-state index is 12.3. The Balaban J connectivity index is 1.65. The van der Waals surface area contributed by atoms with Crippen LogP contribution >= 0.6 is 0 Å². The third-order valence-corrected chi connectivity index (χ3v) is 4.85. The minimum atomic E-state index is 0.157. The van der Waals surface area contributed by atoms with Crippen molar-refractivity contribution in [2.75, 3.05) is 6.54 Å². The highest BCUT2D eigenvalue weighted by molar-refractivity contribution is 5.84. The largest absolute Gasteiger partial charge is 0.339 e. The zero-order chi connectivity index (χ0) is 12.5. The zero-order valence-electron chi connectivity index (χ0n) is 11.1. The number of hydrogen-bond donors (Lipinski definition) is 0. The molecule has 0 spiro atoms. The van der Waals surface area contributed by atoms with Gasteiger partial charge >= 0.3 is 0 Å². The quantitative estimate of drug-likeness (QED) is 0.770. The molecule has 1 heterocycles. The highest BCUT2D eigenvalue weighted by Crippen LogP contribution is 2.36. The number of ketones is 1. The number of amides is 1. The second-order valence-corrected chi connectivity index (χ2v) is 6.26. The predicted octanol–water partition coefficient (Wildman–Crippen LogP) is 2.54. The van der Waals surface area contributed by atoms with E-state index < -0.39 is 0 Å². The average molecular weight is 249 g/mol. The van der Waals surface area contributed by atoms with Gasteiger partial charge in [0, 0.05) is 31.3 Å². The van der Waals surface area contributed by atoms with E-state index in [0.717, 1.165) is 51.5 Å². The molecule has 3 nitrogen and oxygen atoms in total. The number of carbonyl (C=O) groups is 2. The van der Waals surface area contributed by atoms with Crippen LogP contribution in [0, 0.1) is 11.8 Å². The highest BCUT2D eigenvalue weighted by Gasteiger charge is 2.39. The molecule has 0 radical (unpaired) electrons. The molecule has 0 aromatic rings. The summed E-state index contributed by atoms with van der Waals surface area (Å²) in [6.07, 6.45) is 9.30. The molecule has 2 aliphatic carbocycles. The van der Waals surface area contributed by atoms with Crippen molar-refractivity contribution in [1.82, 2.24) is 4.90 Å². The van der Waals surface area contributed by atoms with Crippen molar-refractivity contribution < 1.29 is 9.59 Å². The monoisotopic (exact) mass is 249 g/mol. The second kappa shape index (κ2) is 5.02. The number of hydrogen-bond acceptors (Lipinski definition) is 2. The lowest BCUT2D eigenvalue weighted by Crippen LogP contribution is -2.43. The molecular formula is C15H23NO2. The second-order valence-electron chi connectivity index (χ2n) is 6.26. The Bertz CT molecular complexity index is 348. The van der Waals surface area contributed by atoms with Gasteiger partial charge in [-0.15, -0.1) is 0 Å². The van der Waals surface area contributed by atoms with Crippen LogP contribution in [0.25, 0.3) is 0 Å². The minimum Gasteiger partial charge on any atom is -0.339 e. The van der Waals surface area contributed by atoms with Crippen molar-refractivity contribution in [3.63, 3.8) is 0 Å². The first kappa shape index (κ1) is 12.2. The molecule has 0 N–H and O–H groups in total. The maximum Gasteiger partial charge on any atom is 0.223 e. The maximum atomic E-state index is 12.3. The smallest absolute Gasteiger partial charge is 0.223 e.